The third kappa shape index (κ3) is 4.20. The maximum Gasteiger partial charge on any atom is 0.256 e. The fraction of sp³-hybridized carbons (Fsp3) is 0.462. The van der Waals surface area contributed by atoms with E-state index in [1.807, 2.05) is 0 Å². The molecule has 0 spiro atoms. The molecule has 0 atom stereocenters. The van der Waals surface area contributed by atoms with Crippen molar-refractivity contribution in [3.05, 3.63) is 28.8 Å². The molecule has 0 heterocycles. The van der Waals surface area contributed by atoms with Crippen molar-refractivity contribution in [1.29, 1.82) is 0 Å². The van der Waals surface area contributed by atoms with Crippen LogP contribution in [0.25, 0.3) is 0 Å². The summed E-state index contributed by atoms with van der Waals surface area (Å²) >= 11 is 6.00. The maximum atomic E-state index is 12.0. The highest BCUT2D eigenvalue weighted by Crippen LogP contribution is 2.25. The van der Waals surface area contributed by atoms with Gasteiger partial charge in [-0.1, -0.05) is 17.7 Å². The Labute approximate surface area is 112 Å². The lowest BCUT2D eigenvalue weighted by Crippen LogP contribution is -2.25. The standard InChI is InChI=1S/C13H18ClNO3/c1-17-9-4-3-8-15-13(16)12-10(14)6-5-7-11(12)18-2/h5-7H,3-4,8-9H2,1-2H3,(H,15,16). The number of rotatable bonds is 7. The molecule has 0 unspecified atom stereocenters. The summed E-state index contributed by atoms with van der Waals surface area (Å²) in [5.74, 6) is 0.270. The molecule has 0 fully saturated rings. The van der Waals surface area contributed by atoms with Gasteiger partial charge in [0.1, 0.15) is 5.75 Å². The van der Waals surface area contributed by atoms with E-state index in [4.69, 9.17) is 21.1 Å². The van der Waals surface area contributed by atoms with Crippen LogP contribution in [0.5, 0.6) is 5.75 Å². The predicted molar refractivity (Wildman–Crippen MR) is 71.4 cm³/mol. The summed E-state index contributed by atoms with van der Waals surface area (Å²) in [5, 5.41) is 3.21. The number of halogens is 1. The zero-order valence-corrected chi connectivity index (χ0v) is 11.4. The average Bonchev–Trinajstić information content (AvgIpc) is 2.37. The molecule has 1 N–H and O–H groups in total. The highest BCUT2D eigenvalue weighted by atomic mass is 35.5. The van der Waals surface area contributed by atoms with Gasteiger partial charge in [0.2, 0.25) is 0 Å². The van der Waals surface area contributed by atoms with Gasteiger partial charge in [-0.15, -0.1) is 0 Å². The first-order chi connectivity index (χ1) is 8.70. The minimum atomic E-state index is -0.213. The fourth-order valence-electron chi connectivity index (χ4n) is 1.56. The summed E-state index contributed by atoms with van der Waals surface area (Å²) in [4.78, 5) is 12.0. The number of nitrogens with one attached hydrogen (secondary N) is 1. The first-order valence-electron chi connectivity index (χ1n) is 5.80. The molecule has 5 heteroatoms. The topological polar surface area (TPSA) is 47.6 Å². The van der Waals surface area contributed by atoms with E-state index in [1.54, 1.807) is 25.3 Å². The second-order valence-electron chi connectivity index (χ2n) is 3.77. The largest absolute Gasteiger partial charge is 0.496 e. The molecule has 0 saturated heterocycles. The van der Waals surface area contributed by atoms with Gasteiger partial charge in [0.05, 0.1) is 17.7 Å². The van der Waals surface area contributed by atoms with Crippen molar-refractivity contribution in [3.63, 3.8) is 0 Å². The molecule has 18 heavy (non-hydrogen) atoms. The third-order valence-electron chi connectivity index (χ3n) is 2.48. The maximum absolute atomic E-state index is 12.0. The molecule has 100 valence electrons. The molecular weight excluding hydrogens is 254 g/mol. The molecule has 1 amide bonds. The highest BCUT2D eigenvalue weighted by Gasteiger charge is 2.15. The van der Waals surface area contributed by atoms with Crippen LogP contribution in [0.15, 0.2) is 18.2 Å². The molecule has 4 nitrogen and oxygen atoms in total. The van der Waals surface area contributed by atoms with E-state index in [0.29, 0.717) is 29.5 Å². The lowest BCUT2D eigenvalue weighted by atomic mass is 10.2. The van der Waals surface area contributed by atoms with Crippen molar-refractivity contribution in [3.8, 4) is 5.75 Å². The number of hydrogen-bond donors (Lipinski definition) is 1. The van der Waals surface area contributed by atoms with Crippen molar-refractivity contribution in [2.24, 2.45) is 0 Å². The number of hydrogen-bond acceptors (Lipinski definition) is 3. The van der Waals surface area contributed by atoms with E-state index in [9.17, 15) is 4.79 Å². The fourth-order valence-corrected chi connectivity index (χ4v) is 1.81. The van der Waals surface area contributed by atoms with Crippen LogP contribution in [0.1, 0.15) is 23.2 Å². The summed E-state index contributed by atoms with van der Waals surface area (Å²) in [6.45, 7) is 1.29. The van der Waals surface area contributed by atoms with E-state index < -0.39 is 0 Å². The summed E-state index contributed by atoms with van der Waals surface area (Å²) in [6, 6.07) is 5.13. The van der Waals surface area contributed by atoms with Crippen molar-refractivity contribution in [2.75, 3.05) is 27.4 Å². The molecule has 1 rings (SSSR count). The van der Waals surface area contributed by atoms with Crippen LogP contribution in [0.2, 0.25) is 5.02 Å². The number of methoxy groups -OCH3 is 2. The SMILES string of the molecule is COCCCCNC(=O)c1c(Cl)cccc1OC. The smallest absolute Gasteiger partial charge is 0.256 e. The van der Waals surface area contributed by atoms with Crippen molar-refractivity contribution >= 4 is 17.5 Å². The Morgan fingerprint density at radius 1 is 1.33 bits per heavy atom. The van der Waals surface area contributed by atoms with Gasteiger partial charge in [-0.2, -0.15) is 0 Å². The van der Waals surface area contributed by atoms with Gasteiger partial charge in [-0.25, -0.2) is 0 Å². The van der Waals surface area contributed by atoms with Crippen LogP contribution >= 0.6 is 11.6 Å². The molecule has 0 saturated carbocycles. The molecule has 0 aliphatic heterocycles. The Balaban J connectivity index is 2.56. The Hall–Kier alpha value is -1.26. The van der Waals surface area contributed by atoms with Crippen LogP contribution in [0.4, 0.5) is 0 Å². The van der Waals surface area contributed by atoms with Crippen molar-refractivity contribution < 1.29 is 14.3 Å². The zero-order chi connectivity index (χ0) is 13.4. The molecule has 0 radical (unpaired) electrons. The van der Waals surface area contributed by atoms with Gasteiger partial charge in [0.25, 0.3) is 5.91 Å². The van der Waals surface area contributed by atoms with Gasteiger partial charge in [-0.3, -0.25) is 4.79 Å². The molecule has 0 aromatic heterocycles. The minimum Gasteiger partial charge on any atom is -0.496 e. The number of amides is 1. The Kier molecular flexibility index (Phi) is 6.54. The van der Waals surface area contributed by atoms with Crippen LogP contribution in [0.3, 0.4) is 0 Å². The quantitative estimate of drug-likeness (QED) is 0.775. The zero-order valence-electron chi connectivity index (χ0n) is 10.7. The summed E-state index contributed by atoms with van der Waals surface area (Å²) < 4.78 is 10.1. The molecular formula is C13H18ClNO3. The van der Waals surface area contributed by atoms with Crippen LogP contribution in [-0.2, 0) is 4.74 Å². The van der Waals surface area contributed by atoms with E-state index in [1.165, 1.54) is 7.11 Å². The number of carbonyl (C=O) groups is 1. The van der Waals surface area contributed by atoms with E-state index >= 15 is 0 Å². The first kappa shape index (κ1) is 14.8. The molecule has 1 aromatic rings. The van der Waals surface area contributed by atoms with Gasteiger partial charge in [0, 0.05) is 20.3 Å². The predicted octanol–water partition coefficient (Wildman–Crippen LogP) is 2.51. The summed E-state index contributed by atoms with van der Waals surface area (Å²) in [7, 11) is 3.17. The second-order valence-corrected chi connectivity index (χ2v) is 4.18. The van der Waals surface area contributed by atoms with Crippen molar-refractivity contribution in [2.45, 2.75) is 12.8 Å². The molecule has 0 aliphatic rings. The Morgan fingerprint density at radius 2 is 2.11 bits per heavy atom. The van der Waals surface area contributed by atoms with E-state index in [2.05, 4.69) is 5.32 Å². The summed E-state index contributed by atoms with van der Waals surface area (Å²) in [5.41, 5.74) is 0.383. The Bertz CT molecular complexity index is 396. The van der Waals surface area contributed by atoms with Crippen LogP contribution < -0.4 is 10.1 Å². The van der Waals surface area contributed by atoms with Crippen LogP contribution in [0, 0.1) is 0 Å². The van der Waals surface area contributed by atoms with Gasteiger partial charge in [0.15, 0.2) is 0 Å². The number of ether oxygens (including phenoxy) is 2. The second kappa shape index (κ2) is 7.95. The summed E-state index contributed by atoms with van der Waals surface area (Å²) in [6.07, 6.45) is 1.78. The van der Waals surface area contributed by atoms with Crippen LogP contribution in [-0.4, -0.2) is 33.3 Å². The monoisotopic (exact) mass is 271 g/mol. The van der Waals surface area contributed by atoms with E-state index in [-0.39, 0.29) is 5.91 Å². The normalized spacial score (nSPS) is 10.2. The number of benzene rings is 1. The highest BCUT2D eigenvalue weighted by molar-refractivity contribution is 6.34. The number of unbranched alkanes of at least 4 members (excludes halogenated alkanes) is 1. The lowest BCUT2D eigenvalue weighted by Gasteiger charge is -2.10. The first-order valence-corrected chi connectivity index (χ1v) is 6.18. The molecule has 0 bridgehead atoms. The number of carbonyl (C=O) groups excluding carboxylic acids is 1. The molecule has 0 aliphatic carbocycles. The van der Waals surface area contributed by atoms with Crippen molar-refractivity contribution in [1.82, 2.24) is 5.32 Å². The lowest BCUT2D eigenvalue weighted by molar-refractivity contribution is 0.0948. The minimum absolute atomic E-state index is 0.213. The average molecular weight is 272 g/mol. The Morgan fingerprint density at radius 3 is 2.78 bits per heavy atom. The van der Waals surface area contributed by atoms with Gasteiger partial charge >= 0.3 is 0 Å². The van der Waals surface area contributed by atoms with E-state index in [0.717, 1.165) is 12.8 Å². The van der Waals surface area contributed by atoms with Gasteiger partial charge in [-0.05, 0) is 25.0 Å². The van der Waals surface area contributed by atoms with Gasteiger partial charge < -0.3 is 14.8 Å². The third-order valence-corrected chi connectivity index (χ3v) is 2.80. The molecule has 1 aromatic carbocycles.